The van der Waals surface area contributed by atoms with Crippen molar-refractivity contribution in [3.05, 3.63) is 89.1 Å². The first-order valence-electron chi connectivity index (χ1n) is 9.64. The summed E-state index contributed by atoms with van der Waals surface area (Å²) in [5, 5.41) is 2.42. The van der Waals surface area contributed by atoms with Crippen LogP contribution in [-0.2, 0) is 6.18 Å². The third-order valence-electron chi connectivity index (χ3n) is 4.80. The van der Waals surface area contributed by atoms with Gasteiger partial charge in [-0.15, -0.1) is 0 Å². The molecule has 0 radical (unpaired) electrons. The molecule has 1 N–H and O–H groups in total. The summed E-state index contributed by atoms with van der Waals surface area (Å²) in [6, 6.07) is 16.4. The smallest absolute Gasteiger partial charge is 0.416 e. The minimum Gasteiger partial charge on any atom is -0.497 e. The number of nitrogens with one attached hydrogen (secondary N) is 1. The fourth-order valence-corrected chi connectivity index (χ4v) is 3.33. The Balaban J connectivity index is 1.65. The van der Waals surface area contributed by atoms with Crippen LogP contribution in [0.2, 0.25) is 5.02 Å². The largest absolute Gasteiger partial charge is 0.497 e. The Kier molecular flexibility index (Phi) is 6.11. The molecule has 0 saturated heterocycles. The molecule has 1 amide bonds. The first-order chi connectivity index (χ1) is 15.8. The molecule has 0 aliphatic heterocycles. The number of ether oxygens (including phenoxy) is 1. The van der Waals surface area contributed by atoms with Gasteiger partial charge in [0, 0.05) is 11.1 Å². The van der Waals surface area contributed by atoms with Crippen molar-refractivity contribution < 1.29 is 27.1 Å². The zero-order valence-electron chi connectivity index (χ0n) is 17.1. The fourth-order valence-electron chi connectivity index (χ4n) is 3.16. The van der Waals surface area contributed by atoms with Crippen LogP contribution in [0.1, 0.15) is 15.9 Å². The van der Waals surface area contributed by atoms with Crippen LogP contribution in [-0.4, -0.2) is 18.0 Å². The number of nitrogens with zero attached hydrogens (tertiary/aromatic N) is 1. The quantitative estimate of drug-likeness (QED) is 0.341. The summed E-state index contributed by atoms with van der Waals surface area (Å²) < 4.78 is 50.2. The van der Waals surface area contributed by atoms with Crippen molar-refractivity contribution in [2.75, 3.05) is 12.4 Å². The summed E-state index contributed by atoms with van der Waals surface area (Å²) in [4.78, 5) is 17.2. The van der Waals surface area contributed by atoms with Gasteiger partial charge in [0.1, 0.15) is 5.75 Å². The molecule has 9 heteroatoms. The number of aromatic nitrogens is 1. The van der Waals surface area contributed by atoms with E-state index in [0.717, 1.165) is 23.8 Å². The maximum atomic E-state index is 13.1. The van der Waals surface area contributed by atoms with Crippen LogP contribution in [0.4, 0.5) is 18.9 Å². The predicted molar refractivity (Wildman–Crippen MR) is 118 cm³/mol. The Morgan fingerprint density at radius 2 is 1.85 bits per heavy atom. The Morgan fingerprint density at radius 1 is 1.06 bits per heavy atom. The molecule has 1 heterocycles. The summed E-state index contributed by atoms with van der Waals surface area (Å²) >= 11 is 6.01. The second-order valence-electron chi connectivity index (χ2n) is 6.95. The lowest BCUT2D eigenvalue weighted by atomic mass is 10.1. The highest BCUT2D eigenvalue weighted by Gasteiger charge is 2.31. The Morgan fingerprint density at radius 3 is 2.61 bits per heavy atom. The van der Waals surface area contributed by atoms with Crippen LogP contribution in [0.3, 0.4) is 0 Å². The van der Waals surface area contributed by atoms with E-state index in [-0.39, 0.29) is 22.2 Å². The molecule has 33 heavy (non-hydrogen) atoms. The van der Waals surface area contributed by atoms with Gasteiger partial charge in [0.05, 0.1) is 35.1 Å². The number of halogens is 4. The molecule has 0 spiro atoms. The standard InChI is InChI=1S/C24H16ClF3N2O3/c1-32-16-6-4-5-14(11-16)21-13-29-23(33-21)18-8-3-2-7-17(18)22(31)30-20-12-15(24(26,27)28)9-10-19(20)25/h2-13H,1H3,(H,30,31). The number of carbonyl (C=O) groups excluding carboxylic acids is 1. The van der Waals surface area contributed by atoms with E-state index >= 15 is 0 Å². The monoisotopic (exact) mass is 472 g/mol. The van der Waals surface area contributed by atoms with E-state index in [1.165, 1.54) is 12.3 Å². The van der Waals surface area contributed by atoms with E-state index in [4.69, 9.17) is 20.8 Å². The molecule has 5 nitrogen and oxygen atoms in total. The summed E-state index contributed by atoms with van der Waals surface area (Å²) in [6.07, 6.45) is -3.06. The second kappa shape index (κ2) is 8.99. The molecule has 0 aliphatic rings. The van der Waals surface area contributed by atoms with Gasteiger partial charge in [0.25, 0.3) is 5.91 Å². The number of alkyl halides is 3. The number of hydrogen-bond donors (Lipinski definition) is 1. The highest BCUT2D eigenvalue weighted by molar-refractivity contribution is 6.34. The van der Waals surface area contributed by atoms with E-state index in [1.54, 1.807) is 43.5 Å². The Hall–Kier alpha value is -3.78. The Labute approximate surface area is 191 Å². The van der Waals surface area contributed by atoms with Crippen molar-refractivity contribution >= 4 is 23.2 Å². The van der Waals surface area contributed by atoms with Gasteiger partial charge in [0.15, 0.2) is 5.76 Å². The molecule has 1 aromatic heterocycles. The summed E-state index contributed by atoms with van der Waals surface area (Å²) in [6.45, 7) is 0. The van der Waals surface area contributed by atoms with Crippen molar-refractivity contribution in [1.29, 1.82) is 0 Å². The summed E-state index contributed by atoms with van der Waals surface area (Å²) in [5.41, 5.74) is 0.171. The van der Waals surface area contributed by atoms with Gasteiger partial charge < -0.3 is 14.5 Å². The average Bonchev–Trinajstić information content (AvgIpc) is 3.30. The van der Waals surface area contributed by atoms with Gasteiger partial charge in [-0.2, -0.15) is 13.2 Å². The molecular weight excluding hydrogens is 457 g/mol. The highest BCUT2D eigenvalue weighted by Crippen LogP contribution is 2.35. The summed E-state index contributed by atoms with van der Waals surface area (Å²) in [7, 11) is 1.55. The van der Waals surface area contributed by atoms with E-state index in [0.29, 0.717) is 17.1 Å². The van der Waals surface area contributed by atoms with Gasteiger partial charge in [-0.1, -0.05) is 35.9 Å². The lowest BCUT2D eigenvalue weighted by Crippen LogP contribution is -2.14. The zero-order valence-corrected chi connectivity index (χ0v) is 17.9. The van der Waals surface area contributed by atoms with E-state index in [2.05, 4.69) is 10.3 Å². The molecule has 0 fully saturated rings. The molecule has 4 aromatic rings. The van der Waals surface area contributed by atoms with Crippen LogP contribution in [0.15, 0.2) is 77.3 Å². The highest BCUT2D eigenvalue weighted by atomic mass is 35.5. The maximum Gasteiger partial charge on any atom is 0.416 e. The molecule has 0 aliphatic carbocycles. The molecule has 0 bridgehead atoms. The molecule has 3 aromatic carbocycles. The number of oxazole rings is 1. The second-order valence-corrected chi connectivity index (χ2v) is 7.36. The maximum absolute atomic E-state index is 13.1. The minimum atomic E-state index is -4.57. The third kappa shape index (κ3) is 4.85. The van der Waals surface area contributed by atoms with Crippen LogP contribution in [0, 0.1) is 0 Å². The first kappa shape index (κ1) is 22.4. The summed E-state index contributed by atoms with van der Waals surface area (Å²) in [5.74, 6) is 0.616. The van der Waals surface area contributed by atoms with Gasteiger partial charge in [-0.3, -0.25) is 4.79 Å². The number of anilines is 1. The van der Waals surface area contributed by atoms with Crippen molar-refractivity contribution in [2.24, 2.45) is 0 Å². The number of amides is 1. The van der Waals surface area contributed by atoms with Crippen LogP contribution in [0.5, 0.6) is 5.75 Å². The van der Waals surface area contributed by atoms with E-state index in [9.17, 15) is 18.0 Å². The number of benzene rings is 3. The lowest BCUT2D eigenvalue weighted by Gasteiger charge is -2.12. The topological polar surface area (TPSA) is 64.4 Å². The van der Waals surface area contributed by atoms with Gasteiger partial charge in [-0.05, 0) is 42.5 Å². The van der Waals surface area contributed by atoms with E-state index in [1.807, 2.05) is 6.07 Å². The zero-order chi connectivity index (χ0) is 23.6. The molecule has 4 rings (SSSR count). The predicted octanol–water partition coefficient (Wildman–Crippen LogP) is 6.94. The SMILES string of the molecule is COc1cccc(-c2cnc(-c3ccccc3C(=O)Nc3cc(C(F)(F)F)ccc3Cl)o2)c1. The van der Waals surface area contributed by atoms with Crippen molar-refractivity contribution in [3.8, 4) is 28.5 Å². The van der Waals surface area contributed by atoms with Crippen LogP contribution >= 0.6 is 11.6 Å². The van der Waals surface area contributed by atoms with Crippen LogP contribution < -0.4 is 10.1 Å². The Bertz CT molecular complexity index is 1320. The van der Waals surface area contributed by atoms with E-state index < -0.39 is 17.6 Å². The normalized spacial score (nSPS) is 11.3. The lowest BCUT2D eigenvalue weighted by molar-refractivity contribution is -0.137. The van der Waals surface area contributed by atoms with Crippen molar-refractivity contribution in [2.45, 2.75) is 6.18 Å². The van der Waals surface area contributed by atoms with Crippen LogP contribution in [0.25, 0.3) is 22.8 Å². The minimum absolute atomic E-state index is 0.0229. The van der Waals surface area contributed by atoms with Crippen molar-refractivity contribution in [1.82, 2.24) is 4.98 Å². The number of methoxy groups -OCH3 is 1. The third-order valence-corrected chi connectivity index (χ3v) is 5.13. The molecule has 0 saturated carbocycles. The fraction of sp³-hybridized carbons (Fsp3) is 0.0833. The number of rotatable bonds is 5. The van der Waals surface area contributed by atoms with Gasteiger partial charge in [-0.25, -0.2) is 4.98 Å². The molecule has 0 atom stereocenters. The molecule has 168 valence electrons. The van der Waals surface area contributed by atoms with Gasteiger partial charge >= 0.3 is 6.18 Å². The molecule has 0 unspecified atom stereocenters. The van der Waals surface area contributed by atoms with Crippen molar-refractivity contribution in [3.63, 3.8) is 0 Å². The number of hydrogen-bond acceptors (Lipinski definition) is 4. The first-order valence-corrected chi connectivity index (χ1v) is 10.0. The molecular formula is C24H16ClF3N2O3. The average molecular weight is 473 g/mol. The number of carbonyl (C=O) groups is 1. The van der Waals surface area contributed by atoms with Gasteiger partial charge in [0.2, 0.25) is 5.89 Å².